The Morgan fingerprint density at radius 2 is 2.00 bits per heavy atom. The zero-order valence-electron chi connectivity index (χ0n) is 12.0. The second-order valence-corrected chi connectivity index (χ2v) is 7.82. The molecule has 0 unspecified atom stereocenters. The summed E-state index contributed by atoms with van der Waals surface area (Å²) in [6.07, 6.45) is 3.42. The number of benzene rings is 1. The van der Waals surface area contributed by atoms with Crippen LogP contribution in [-0.2, 0) is 10.0 Å². The molecule has 0 bridgehead atoms. The van der Waals surface area contributed by atoms with Crippen molar-refractivity contribution in [1.29, 1.82) is 0 Å². The van der Waals surface area contributed by atoms with Gasteiger partial charge in [0.1, 0.15) is 5.84 Å². The molecule has 0 amide bonds. The van der Waals surface area contributed by atoms with Crippen LogP contribution in [0.4, 0.5) is 0 Å². The van der Waals surface area contributed by atoms with Crippen LogP contribution in [0.5, 0.6) is 0 Å². The molecule has 2 aliphatic rings. The Hall–Kier alpha value is -1.40. The van der Waals surface area contributed by atoms with Gasteiger partial charge in [0.2, 0.25) is 0 Å². The van der Waals surface area contributed by atoms with Gasteiger partial charge in [0.25, 0.3) is 10.0 Å². The van der Waals surface area contributed by atoms with E-state index in [2.05, 4.69) is 16.6 Å². The fourth-order valence-electron chi connectivity index (χ4n) is 2.94. The number of rotatable bonds is 2. The number of aliphatic hydroxyl groups is 1. The Bertz CT molecular complexity index is 674. The van der Waals surface area contributed by atoms with Crippen molar-refractivity contribution in [3.05, 3.63) is 29.8 Å². The lowest BCUT2D eigenvalue weighted by molar-refractivity contribution is 0.00173. The maximum atomic E-state index is 12.0. The fourth-order valence-corrected chi connectivity index (χ4v) is 4.19. The number of aliphatic imine (C=N–C) groups is 1. The van der Waals surface area contributed by atoms with Crippen LogP contribution in [0.25, 0.3) is 0 Å². The molecule has 1 fully saturated rings. The number of hydrogen-bond donors (Lipinski definition) is 2. The first-order chi connectivity index (χ1) is 9.90. The van der Waals surface area contributed by atoms with Crippen molar-refractivity contribution in [2.24, 2.45) is 10.9 Å². The average molecular weight is 308 g/mol. The normalized spacial score (nSPS) is 32.7. The van der Waals surface area contributed by atoms with E-state index >= 15 is 0 Å². The molecule has 1 heterocycles. The Balaban J connectivity index is 1.82. The van der Waals surface area contributed by atoms with Crippen LogP contribution >= 0.6 is 0 Å². The molecule has 1 aromatic carbocycles. The van der Waals surface area contributed by atoms with Crippen LogP contribution in [0, 0.1) is 5.92 Å². The van der Waals surface area contributed by atoms with Gasteiger partial charge in [0, 0.05) is 5.56 Å². The zero-order valence-corrected chi connectivity index (χ0v) is 12.9. The molecule has 0 atom stereocenters. The second-order valence-electron chi connectivity index (χ2n) is 6.17. The summed E-state index contributed by atoms with van der Waals surface area (Å²) >= 11 is 0. The minimum absolute atomic E-state index is 0.242. The van der Waals surface area contributed by atoms with Gasteiger partial charge in [-0.2, -0.15) is 0 Å². The lowest BCUT2D eigenvalue weighted by Crippen LogP contribution is -2.37. The maximum Gasteiger partial charge on any atom is 0.263 e. The van der Waals surface area contributed by atoms with Crippen molar-refractivity contribution in [3.63, 3.8) is 0 Å². The van der Waals surface area contributed by atoms with Gasteiger partial charge in [-0.1, -0.05) is 19.1 Å². The van der Waals surface area contributed by atoms with Crippen LogP contribution in [0.2, 0.25) is 0 Å². The molecular weight excluding hydrogens is 288 g/mol. The Kier molecular flexibility index (Phi) is 3.53. The molecule has 114 valence electrons. The summed E-state index contributed by atoms with van der Waals surface area (Å²) in [4.78, 5) is 4.61. The Labute approximate surface area is 125 Å². The summed E-state index contributed by atoms with van der Waals surface area (Å²) in [7, 11) is -3.50. The summed E-state index contributed by atoms with van der Waals surface area (Å²) in [5, 5.41) is 10.5. The van der Waals surface area contributed by atoms with Crippen LogP contribution in [0.3, 0.4) is 0 Å². The third kappa shape index (κ3) is 2.82. The summed E-state index contributed by atoms with van der Waals surface area (Å²) < 4.78 is 26.4. The average Bonchev–Trinajstić information content (AvgIpc) is 2.73. The predicted molar refractivity (Wildman–Crippen MR) is 80.7 cm³/mol. The van der Waals surface area contributed by atoms with Gasteiger partial charge >= 0.3 is 0 Å². The van der Waals surface area contributed by atoms with Crippen molar-refractivity contribution >= 4 is 15.9 Å². The molecule has 0 radical (unpaired) electrons. The summed E-state index contributed by atoms with van der Waals surface area (Å²) in [6, 6.07) is 6.78. The Morgan fingerprint density at radius 3 is 2.71 bits per heavy atom. The minimum Gasteiger partial charge on any atom is -0.388 e. The monoisotopic (exact) mass is 308 g/mol. The number of hydrogen-bond acceptors (Lipinski definition) is 4. The topological polar surface area (TPSA) is 78.8 Å². The van der Waals surface area contributed by atoms with Crippen LogP contribution in [0.1, 0.15) is 38.2 Å². The highest BCUT2D eigenvalue weighted by Gasteiger charge is 2.34. The first-order valence-corrected chi connectivity index (χ1v) is 8.77. The van der Waals surface area contributed by atoms with Crippen LogP contribution in [0.15, 0.2) is 34.2 Å². The summed E-state index contributed by atoms with van der Waals surface area (Å²) in [6.45, 7) is 2.43. The molecule has 21 heavy (non-hydrogen) atoms. The van der Waals surface area contributed by atoms with Crippen LogP contribution in [-0.4, -0.2) is 31.5 Å². The summed E-state index contributed by atoms with van der Waals surface area (Å²) in [5.41, 5.74) is -0.215. The molecule has 1 saturated carbocycles. The summed E-state index contributed by atoms with van der Waals surface area (Å²) in [5.74, 6) is 0.987. The van der Waals surface area contributed by atoms with Gasteiger partial charge in [-0.25, -0.2) is 8.42 Å². The molecule has 2 N–H and O–H groups in total. The van der Waals surface area contributed by atoms with Gasteiger partial charge < -0.3 is 5.11 Å². The zero-order chi connectivity index (χ0) is 15.1. The van der Waals surface area contributed by atoms with Gasteiger partial charge in [0.05, 0.1) is 17.0 Å². The maximum absolute atomic E-state index is 12.0. The SMILES string of the molecule is CC1CCC(O)(CN=C2NS(=O)(=O)c3ccccc32)CC1. The number of nitrogens with one attached hydrogen (secondary N) is 1. The van der Waals surface area contributed by atoms with Gasteiger partial charge in [-0.05, 0) is 43.7 Å². The van der Waals surface area contributed by atoms with E-state index in [1.165, 1.54) is 0 Å². The van der Waals surface area contributed by atoms with E-state index in [0.717, 1.165) is 25.7 Å². The molecule has 6 heteroatoms. The quantitative estimate of drug-likeness (QED) is 0.872. The first kappa shape index (κ1) is 14.5. The van der Waals surface area contributed by atoms with E-state index in [1.807, 2.05) is 0 Å². The fraction of sp³-hybridized carbons (Fsp3) is 0.533. The molecule has 0 spiro atoms. The van der Waals surface area contributed by atoms with Gasteiger partial charge in [-0.3, -0.25) is 9.71 Å². The van der Waals surface area contributed by atoms with Gasteiger partial charge in [-0.15, -0.1) is 0 Å². The van der Waals surface area contributed by atoms with E-state index in [4.69, 9.17) is 0 Å². The standard InChI is InChI=1S/C15H20N2O3S/c1-11-6-8-15(18,9-7-11)10-16-14-12-4-2-3-5-13(12)21(19,20)17-14/h2-5,11,18H,6-10H2,1H3,(H,16,17). The van der Waals surface area contributed by atoms with E-state index in [-0.39, 0.29) is 11.4 Å². The molecule has 1 aliphatic heterocycles. The molecule has 5 nitrogen and oxygen atoms in total. The van der Waals surface area contributed by atoms with Crippen molar-refractivity contribution in [3.8, 4) is 0 Å². The molecule has 3 rings (SSSR count). The third-order valence-electron chi connectivity index (χ3n) is 4.40. The minimum atomic E-state index is -3.50. The predicted octanol–water partition coefficient (Wildman–Crippen LogP) is 1.67. The highest BCUT2D eigenvalue weighted by molar-refractivity contribution is 7.90. The van der Waals surface area contributed by atoms with Crippen molar-refractivity contribution in [2.45, 2.75) is 43.1 Å². The van der Waals surface area contributed by atoms with Crippen LogP contribution < -0.4 is 4.72 Å². The molecule has 1 aromatic rings. The van der Waals surface area contributed by atoms with E-state index in [0.29, 0.717) is 17.3 Å². The molecule has 0 saturated heterocycles. The second kappa shape index (κ2) is 5.10. The largest absolute Gasteiger partial charge is 0.388 e. The number of fused-ring (bicyclic) bond motifs is 1. The van der Waals surface area contributed by atoms with E-state index in [1.54, 1.807) is 24.3 Å². The number of amidine groups is 1. The number of sulfonamides is 1. The van der Waals surface area contributed by atoms with Crippen molar-refractivity contribution in [1.82, 2.24) is 4.72 Å². The lowest BCUT2D eigenvalue weighted by Gasteiger charge is -2.33. The van der Waals surface area contributed by atoms with Crippen molar-refractivity contribution < 1.29 is 13.5 Å². The highest BCUT2D eigenvalue weighted by atomic mass is 32.2. The lowest BCUT2D eigenvalue weighted by atomic mass is 9.80. The smallest absolute Gasteiger partial charge is 0.263 e. The van der Waals surface area contributed by atoms with E-state index < -0.39 is 15.6 Å². The molecule has 0 aromatic heterocycles. The number of nitrogens with zero attached hydrogens (tertiary/aromatic N) is 1. The first-order valence-electron chi connectivity index (χ1n) is 7.29. The molecule has 1 aliphatic carbocycles. The third-order valence-corrected chi connectivity index (χ3v) is 5.80. The van der Waals surface area contributed by atoms with E-state index in [9.17, 15) is 13.5 Å². The van der Waals surface area contributed by atoms with Gasteiger partial charge in [0.15, 0.2) is 0 Å². The highest BCUT2D eigenvalue weighted by Crippen LogP contribution is 2.32. The molecular formula is C15H20N2O3S. The Morgan fingerprint density at radius 1 is 1.33 bits per heavy atom. The van der Waals surface area contributed by atoms with Crippen molar-refractivity contribution in [2.75, 3.05) is 6.54 Å².